The Balaban J connectivity index is 0.000000598. The number of ether oxygens (including phenoxy) is 1. The molecule has 4 N–H and O–H groups in total. The summed E-state index contributed by atoms with van der Waals surface area (Å²) in [4.78, 5) is 60.3. The number of nitrogens with one attached hydrogen (secondary N) is 1. The van der Waals surface area contributed by atoms with Crippen molar-refractivity contribution < 1.29 is 33.8 Å². The van der Waals surface area contributed by atoms with Gasteiger partial charge in [0.15, 0.2) is 0 Å². The molecular weight excluding hydrogens is 600 g/mol. The van der Waals surface area contributed by atoms with Crippen molar-refractivity contribution in [1.29, 1.82) is 0 Å². The summed E-state index contributed by atoms with van der Waals surface area (Å²) in [6, 6.07) is 11.3. The third-order valence-electron chi connectivity index (χ3n) is 7.51. The van der Waals surface area contributed by atoms with E-state index < -0.39 is 11.9 Å². The van der Waals surface area contributed by atoms with E-state index in [1.54, 1.807) is 58.9 Å². The number of carbonyl (C=O) groups is 5. The number of carboxylic acids is 1. The minimum Gasteiger partial charge on any atom is -0.481 e. The van der Waals surface area contributed by atoms with Gasteiger partial charge < -0.3 is 25.8 Å². The molecule has 0 radical (unpaired) electrons. The molecule has 12 heteroatoms. The molecular formula is C33H41ClN4O7. The summed E-state index contributed by atoms with van der Waals surface area (Å²) in [5.74, 6) is -1.34. The first-order chi connectivity index (χ1) is 21.5. The lowest BCUT2D eigenvalue weighted by atomic mass is 10.1. The van der Waals surface area contributed by atoms with Gasteiger partial charge in [0.1, 0.15) is 5.75 Å². The fourth-order valence-corrected chi connectivity index (χ4v) is 5.34. The van der Waals surface area contributed by atoms with E-state index in [9.17, 15) is 24.0 Å². The Kier molecular flexibility index (Phi) is 13.4. The molecule has 0 bridgehead atoms. The van der Waals surface area contributed by atoms with Crippen LogP contribution in [-0.2, 0) is 20.8 Å². The number of fused-ring (bicyclic) bond motifs is 1. The number of urea groups is 1. The highest BCUT2D eigenvalue weighted by Crippen LogP contribution is 2.31. The van der Waals surface area contributed by atoms with E-state index in [2.05, 4.69) is 5.32 Å². The zero-order valence-electron chi connectivity index (χ0n) is 25.8. The molecule has 242 valence electrons. The second kappa shape index (κ2) is 17.2. The van der Waals surface area contributed by atoms with E-state index in [4.69, 9.17) is 27.2 Å². The first-order valence-corrected chi connectivity index (χ1v) is 15.5. The number of aliphatic carboxylic acids is 1. The SMILES string of the molecule is CC(=O)Oc1ccc2c(c1)c(CC(=O)NCCCCCCCC(=O)O)c(C)n2C(=O)c1ccc(Cl)cc1.NC(=O)N1CCCC1. The second-order valence-corrected chi connectivity index (χ2v) is 11.4. The molecule has 0 atom stereocenters. The molecule has 0 aliphatic carbocycles. The molecule has 1 fully saturated rings. The van der Waals surface area contributed by atoms with Gasteiger partial charge in [0.2, 0.25) is 5.91 Å². The topological polar surface area (TPSA) is 161 Å². The maximum Gasteiger partial charge on any atom is 0.314 e. The number of carbonyl (C=O) groups excluding carboxylic acids is 4. The highest BCUT2D eigenvalue weighted by atomic mass is 35.5. The number of primary amides is 1. The standard InChI is InChI=1S/C28H31ClN2O6.C5H10N2O/c1-18-23(17-26(33)30-15-7-5-3-4-6-8-27(34)35)24-16-22(37-19(2)32)13-14-25(24)31(18)28(36)20-9-11-21(29)12-10-20;6-5(8)7-3-1-2-4-7/h9-14,16H,3-8,15,17H2,1-2H3,(H,30,33)(H,34,35);1-4H2,(H2,6,8). The summed E-state index contributed by atoms with van der Waals surface area (Å²) in [7, 11) is 0. The summed E-state index contributed by atoms with van der Waals surface area (Å²) in [6.45, 7) is 5.33. The number of benzene rings is 2. The Morgan fingerprint density at radius 1 is 0.956 bits per heavy atom. The van der Waals surface area contributed by atoms with E-state index in [-0.39, 0.29) is 30.7 Å². The molecule has 1 aliphatic heterocycles. The van der Waals surface area contributed by atoms with Crippen LogP contribution in [0, 0.1) is 6.92 Å². The van der Waals surface area contributed by atoms with Gasteiger partial charge in [0, 0.05) is 54.6 Å². The average molecular weight is 641 g/mol. The molecule has 2 heterocycles. The zero-order valence-corrected chi connectivity index (χ0v) is 26.5. The highest BCUT2D eigenvalue weighted by Gasteiger charge is 2.22. The molecule has 2 aromatic carbocycles. The van der Waals surface area contributed by atoms with Gasteiger partial charge in [-0.3, -0.25) is 23.7 Å². The quantitative estimate of drug-likeness (QED) is 0.134. The van der Waals surface area contributed by atoms with Crippen LogP contribution in [0.3, 0.4) is 0 Å². The number of likely N-dealkylation sites (tertiary alicyclic amines) is 1. The molecule has 3 amide bonds. The van der Waals surface area contributed by atoms with Crippen LogP contribution in [-0.4, -0.2) is 64.0 Å². The van der Waals surface area contributed by atoms with Crippen molar-refractivity contribution >= 4 is 52.3 Å². The zero-order chi connectivity index (χ0) is 32.9. The summed E-state index contributed by atoms with van der Waals surface area (Å²) in [5, 5.41) is 12.8. The fourth-order valence-electron chi connectivity index (χ4n) is 5.22. The average Bonchev–Trinajstić information content (AvgIpc) is 3.62. The monoisotopic (exact) mass is 640 g/mol. The van der Waals surface area contributed by atoms with Gasteiger partial charge in [0.05, 0.1) is 11.9 Å². The summed E-state index contributed by atoms with van der Waals surface area (Å²) in [6.07, 6.45) is 6.60. The van der Waals surface area contributed by atoms with Crippen LogP contribution in [0.1, 0.15) is 79.9 Å². The van der Waals surface area contributed by atoms with Gasteiger partial charge in [-0.2, -0.15) is 0 Å². The molecule has 1 aliphatic rings. The number of hydrogen-bond donors (Lipinski definition) is 3. The molecule has 0 unspecified atom stereocenters. The number of nitrogens with two attached hydrogens (primary N) is 1. The normalized spacial score (nSPS) is 12.4. The molecule has 4 rings (SSSR count). The maximum atomic E-state index is 13.4. The first-order valence-electron chi connectivity index (χ1n) is 15.1. The van der Waals surface area contributed by atoms with E-state index >= 15 is 0 Å². The smallest absolute Gasteiger partial charge is 0.314 e. The van der Waals surface area contributed by atoms with E-state index in [1.807, 2.05) is 0 Å². The van der Waals surface area contributed by atoms with Crippen LogP contribution in [0.25, 0.3) is 10.9 Å². The van der Waals surface area contributed by atoms with Crippen LogP contribution in [0.5, 0.6) is 5.75 Å². The lowest BCUT2D eigenvalue weighted by Crippen LogP contribution is -2.32. The molecule has 3 aromatic rings. The van der Waals surface area contributed by atoms with Crippen LogP contribution in [0.4, 0.5) is 4.79 Å². The van der Waals surface area contributed by atoms with Crippen molar-refractivity contribution in [2.45, 2.75) is 71.6 Å². The predicted octanol–water partition coefficient (Wildman–Crippen LogP) is 5.46. The molecule has 11 nitrogen and oxygen atoms in total. The Bertz CT molecular complexity index is 1510. The van der Waals surface area contributed by atoms with Crippen LogP contribution >= 0.6 is 11.6 Å². The van der Waals surface area contributed by atoms with Crippen molar-refractivity contribution in [3.8, 4) is 5.75 Å². The second-order valence-electron chi connectivity index (χ2n) is 11.0. The number of esters is 1. The van der Waals surface area contributed by atoms with Crippen molar-refractivity contribution in [3.05, 3.63) is 64.3 Å². The number of amides is 3. The van der Waals surface area contributed by atoms with E-state index in [0.29, 0.717) is 51.5 Å². The molecule has 1 aromatic heterocycles. The summed E-state index contributed by atoms with van der Waals surface area (Å²) in [5.41, 5.74) is 7.35. The number of halogens is 1. The Labute approximate surface area is 267 Å². The molecule has 0 spiro atoms. The van der Waals surface area contributed by atoms with Crippen molar-refractivity contribution in [2.24, 2.45) is 5.73 Å². The van der Waals surface area contributed by atoms with Crippen molar-refractivity contribution in [2.75, 3.05) is 19.6 Å². The van der Waals surface area contributed by atoms with Gasteiger partial charge in [-0.25, -0.2) is 4.79 Å². The number of aromatic nitrogens is 1. The van der Waals surface area contributed by atoms with Crippen molar-refractivity contribution in [1.82, 2.24) is 14.8 Å². The number of nitrogens with zero attached hydrogens (tertiary/aromatic N) is 2. The predicted molar refractivity (Wildman–Crippen MR) is 172 cm³/mol. The van der Waals surface area contributed by atoms with Crippen LogP contribution in [0.15, 0.2) is 42.5 Å². The first kappa shape index (κ1) is 35.1. The number of carboxylic acid groups (broad SMARTS) is 1. The lowest BCUT2D eigenvalue weighted by Gasteiger charge is -2.09. The van der Waals surface area contributed by atoms with Gasteiger partial charge >= 0.3 is 18.0 Å². The lowest BCUT2D eigenvalue weighted by molar-refractivity contribution is -0.137. The van der Waals surface area contributed by atoms with E-state index in [0.717, 1.165) is 51.6 Å². The number of hydrogen-bond acceptors (Lipinski definition) is 6. The Morgan fingerprint density at radius 2 is 1.60 bits per heavy atom. The fraction of sp³-hybridized carbons (Fsp3) is 0.424. The van der Waals surface area contributed by atoms with Gasteiger partial charge in [0.25, 0.3) is 5.91 Å². The number of rotatable bonds is 12. The number of unbranched alkanes of at least 4 members (excludes halogenated alkanes) is 4. The molecule has 1 saturated heterocycles. The molecule has 0 saturated carbocycles. The third-order valence-corrected chi connectivity index (χ3v) is 7.76. The third kappa shape index (κ3) is 10.6. The summed E-state index contributed by atoms with van der Waals surface area (Å²) < 4.78 is 6.81. The molecule has 45 heavy (non-hydrogen) atoms. The summed E-state index contributed by atoms with van der Waals surface area (Å²) >= 11 is 5.98. The van der Waals surface area contributed by atoms with Gasteiger partial charge in [-0.15, -0.1) is 0 Å². The van der Waals surface area contributed by atoms with Crippen molar-refractivity contribution in [3.63, 3.8) is 0 Å². The Hall–Kier alpha value is -4.38. The van der Waals surface area contributed by atoms with Gasteiger partial charge in [-0.1, -0.05) is 30.9 Å². The minimum atomic E-state index is -0.779. The van der Waals surface area contributed by atoms with Crippen LogP contribution in [0.2, 0.25) is 5.02 Å². The highest BCUT2D eigenvalue weighted by molar-refractivity contribution is 6.30. The van der Waals surface area contributed by atoms with E-state index in [1.165, 1.54) is 6.92 Å². The minimum absolute atomic E-state index is 0.0609. The van der Waals surface area contributed by atoms with Gasteiger partial charge in [-0.05, 0) is 80.6 Å². The maximum absolute atomic E-state index is 13.4. The largest absolute Gasteiger partial charge is 0.481 e. The Morgan fingerprint density at radius 3 is 2.20 bits per heavy atom. The van der Waals surface area contributed by atoms with Crippen LogP contribution < -0.4 is 15.8 Å².